The Labute approximate surface area is 166 Å². The summed E-state index contributed by atoms with van der Waals surface area (Å²) >= 11 is 1.57. The molecule has 0 heterocycles. The summed E-state index contributed by atoms with van der Waals surface area (Å²) in [7, 11) is 0. The van der Waals surface area contributed by atoms with Crippen molar-refractivity contribution in [2.75, 3.05) is 0 Å². The van der Waals surface area contributed by atoms with Crippen LogP contribution in [-0.2, 0) is 13.1 Å². The normalized spacial score (nSPS) is 11.2. The quantitative estimate of drug-likeness (QED) is 0.305. The van der Waals surface area contributed by atoms with E-state index < -0.39 is 0 Å². The van der Waals surface area contributed by atoms with E-state index in [1.54, 1.807) is 18.5 Å². The summed E-state index contributed by atoms with van der Waals surface area (Å²) in [5.74, 6) is 0. The zero-order valence-corrected chi connectivity index (χ0v) is 16.6. The standard InChI is InChI=1S/C23H25N3S/c1-19-13-14-23(20(2)15-19)24-18-25-27-26(16-21-9-5-3-6-10-21)17-22-11-7-4-8-12-22/h3-15,18H,16-17H2,1-2H3,(H,24,25). The van der Waals surface area contributed by atoms with Crippen molar-refractivity contribution in [2.45, 2.75) is 26.9 Å². The molecule has 27 heavy (non-hydrogen) atoms. The van der Waals surface area contributed by atoms with Crippen LogP contribution in [0.2, 0.25) is 0 Å². The van der Waals surface area contributed by atoms with E-state index in [1.807, 2.05) is 12.1 Å². The minimum Gasteiger partial charge on any atom is -0.307 e. The molecule has 0 amide bonds. The molecule has 0 saturated heterocycles. The minimum atomic E-state index is 0.852. The van der Waals surface area contributed by atoms with Crippen LogP contribution in [0, 0.1) is 13.8 Å². The average Bonchev–Trinajstić information content (AvgIpc) is 2.68. The van der Waals surface area contributed by atoms with Gasteiger partial charge in [0.1, 0.15) is 0 Å². The van der Waals surface area contributed by atoms with E-state index in [0.717, 1.165) is 18.8 Å². The van der Waals surface area contributed by atoms with Crippen LogP contribution in [0.1, 0.15) is 22.3 Å². The van der Waals surface area contributed by atoms with Gasteiger partial charge in [-0.1, -0.05) is 78.4 Å². The lowest BCUT2D eigenvalue weighted by Crippen LogP contribution is -2.20. The Bertz CT molecular complexity index is 822. The second-order valence-electron chi connectivity index (χ2n) is 6.53. The second-order valence-corrected chi connectivity index (χ2v) is 7.46. The van der Waals surface area contributed by atoms with Gasteiger partial charge >= 0.3 is 0 Å². The van der Waals surface area contributed by atoms with Crippen LogP contribution in [0.3, 0.4) is 0 Å². The highest BCUT2D eigenvalue weighted by Gasteiger charge is 2.07. The molecule has 3 rings (SSSR count). The summed E-state index contributed by atoms with van der Waals surface area (Å²) in [4.78, 5) is 4.55. The number of nitrogens with zero attached hydrogens (tertiary/aromatic N) is 2. The fourth-order valence-corrected chi connectivity index (χ4v) is 3.51. The molecule has 0 fully saturated rings. The van der Waals surface area contributed by atoms with Crippen LogP contribution >= 0.6 is 12.1 Å². The van der Waals surface area contributed by atoms with Gasteiger partial charge in [-0.2, -0.15) is 0 Å². The minimum absolute atomic E-state index is 0.852. The Hall–Kier alpha value is -2.56. The van der Waals surface area contributed by atoms with Crippen molar-refractivity contribution in [3.8, 4) is 0 Å². The van der Waals surface area contributed by atoms with Crippen LogP contribution in [0.15, 0.2) is 83.9 Å². The van der Waals surface area contributed by atoms with E-state index >= 15 is 0 Å². The topological polar surface area (TPSA) is 27.6 Å². The van der Waals surface area contributed by atoms with E-state index in [-0.39, 0.29) is 0 Å². The first-order valence-electron chi connectivity index (χ1n) is 9.06. The van der Waals surface area contributed by atoms with Crippen LogP contribution in [-0.4, -0.2) is 10.6 Å². The van der Waals surface area contributed by atoms with Gasteiger partial charge < -0.3 is 4.72 Å². The number of nitrogens with one attached hydrogen (secondary N) is 1. The van der Waals surface area contributed by atoms with Crippen LogP contribution in [0.25, 0.3) is 0 Å². The Kier molecular flexibility index (Phi) is 7.08. The van der Waals surface area contributed by atoms with Crippen molar-refractivity contribution in [2.24, 2.45) is 4.99 Å². The highest BCUT2D eigenvalue weighted by atomic mass is 32.2. The highest BCUT2D eigenvalue weighted by molar-refractivity contribution is 7.95. The van der Waals surface area contributed by atoms with Gasteiger partial charge in [-0.3, -0.25) is 0 Å². The fourth-order valence-electron chi connectivity index (χ4n) is 2.84. The lowest BCUT2D eigenvalue weighted by molar-refractivity contribution is 0.461. The SMILES string of the molecule is Cc1ccc(N=CNSN(Cc2ccccc2)Cc2ccccc2)c(C)c1. The van der Waals surface area contributed by atoms with Gasteiger partial charge in [-0.25, -0.2) is 9.30 Å². The summed E-state index contributed by atoms with van der Waals surface area (Å²) < 4.78 is 5.56. The Morgan fingerprint density at radius 3 is 2.00 bits per heavy atom. The molecule has 0 aromatic heterocycles. The summed E-state index contributed by atoms with van der Waals surface area (Å²) in [6, 6.07) is 27.3. The number of aryl methyl sites for hydroxylation is 2. The maximum Gasteiger partial charge on any atom is 0.0995 e. The van der Waals surface area contributed by atoms with Gasteiger partial charge in [-0.15, -0.1) is 0 Å². The number of hydrogen-bond donors (Lipinski definition) is 1. The van der Waals surface area contributed by atoms with Gasteiger partial charge in [0.2, 0.25) is 0 Å². The molecule has 0 atom stereocenters. The summed E-state index contributed by atoms with van der Waals surface area (Å²) in [5, 5.41) is 0. The molecule has 3 aromatic rings. The van der Waals surface area contributed by atoms with Gasteiger partial charge in [0.05, 0.1) is 12.0 Å². The third-order valence-corrected chi connectivity index (χ3v) is 4.92. The first-order chi connectivity index (χ1) is 13.2. The van der Waals surface area contributed by atoms with Crippen molar-refractivity contribution in [1.82, 2.24) is 9.03 Å². The van der Waals surface area contributed by atoms with Gasteiger partial charge in [0.25, 0.3) is 0 Å². The molecule has 0 spiro atoms. The monoisotopic (exact) mass is 375 g/mol. The maximum absolute atomic E-state index is 4.55. The van der Waals surface area contributed by atoms with Crippen molar-refractivity contribution in [1.29, 1.82) is 0 Å². The average molecular weight is 376 g/mol. The molecule has 0 saturated carbocycles. The number of aliphatic imine (C=N–C) groups is 1. The molecule has 3 nitrogen and oxygen atoms in total. The van der Waals surface area contributed by atoms with Gasteiger partial charge in [0.15, 0.2) is 0 Å². The molecule has 0 aliphatic heterocycles. The van der Waals surface area contributed by atoms with Crippen molar-refractivity contribution >= 4 is 24.2 Å². The third-order valence-electron chi connectivity index (χ3n) is 4.19. The predicted molar refractivity (Wildman–Crippen MR) is 117 cm³/mol. The lowest BCUT2D eigenvalue weighted by atomic mass is 10.1. The van der Waals surface area contributed by atoms with Crippen molar-refractivity contribution < 1.29 is 0 Å². The van der Waals surface area contributed by atoms with Crippen molar-refractivity contribution in [3.05, 3.63) is 101 Å². The largest absolute Gasteiger partial charge is 0.307 e. The van der Waals surface area contributed by atoms with E-state index in [1.165, 1.54) is 22.3 Å². The third kappa shape index (κ3) is 6.27. The molecular weight excluding hydrogens is 350 g/mol. The summed E-state index contributed by atoms with van der Waals surface area (Å²) in [6.45, 7) is 5.89. The van der Waals surface area contributed by atoms with E-state index in [9.17, 15) is 0 Å². The first-order valence-corrected chi connectivity index (χ1v) is 9.83. The van der Waals surface area contributed by atoms with E-state index in [0.29, 0.717) is 0 Å². The smallest absolute Gasteiger partial charge is 0.0995 e. The summed E-state index contributed by atoms with van der Waals surface area (Å²) in [5.41, 5.74) is 6.00. The molecule has 138 valence electrons. The predicted octanol–water partition coefficient (Wildman–Crippen LogP) is 5.82. The zero-order valence-electron chi connectivity index (χ0n) is 15.8. The molecule has 3 aromatic carbocycles. The number of hydrogen-bond acceptors (Lipinski definition) is 3. The van der Waals surface area contributed by atoms with Gasteiger partial charge in [0, 0.05) is 25.2 Å². The number of rotatable bonds is 8. The number of benzene rings is 3. The molecule has 4 heteroatoms. The Balaban J connectivity index is 1.62. The summed E-state index contributed by atoms with van der Waals surface area (Å²) in [6.07, 6.45) is 1.77. The fraction of sp³-hybridized carbons (Fsp3) is 0.174. The maximum atomic E-state index is 4.55. The van der Waals surface area contributed by atoms with E-state index in [4.69, 9.17) is 0 Å². The molecular formula is C23H25N3S. The Morgan fingerprint density at radius 1 is 0.852 bits per heavy atom. The molecule has 0 aliphatic rings. The molecule has 1 N–H and O–H groups in total. The van der Waals surface area contributed by atoms with Crippen LogP contribution in [0.4, 0.5) is 5.69 Å². The molecule has 0 radical (unpaired) electrons. The van der Waals surface area contributed by atoms with Crippen LogP contribution in [0.5, 0.6) is 0 Å². The first kappa shape index (κ1) is 19.2. The van der Waals surface area contributed by atoms with E-state index in [2.05, 4.69) is 94.6 Å². The molecule has 0 aliphatic carbocycles. The van der Waals surface area contributed by atoms with Gasteiger partial charge in [-0.05, 0) is 36.6 Å². The lowest BCUT2D eigenvalue weighted by Gasteiger charge is -2.20. The van der Waals surface area contributed by atoms with Crippen LogP contribution < -0.4 is 4.72 Å². The second kappa shape index (κ2) is 9.95. The molecule has 0 bridgehead atoms. The molecule has 0 unspecified atom stereocenters. The van der Waals surface area contributed by atoms with Crippen molar-refractivity contribution in [3.63, 3.8) is 0 Å². The Morgan fingerprint density at radius 2 is 1.44 bits per heavy atom. The highest BCUT2D eigenvalue weighted by Crippen LogP contribution is 2.19. The zero-order chi connectivity index (χ0) is 18.9.